The molecule has 3 heterocycles. The maximum atomic E-state index is 12.9. The van der Waals surface area contributed by atoms with Crippen molar-refractivity contribution in [3.05, 3.63) is 59.3 Å². The molecule has 0 radical (unpaired) electrons. The van der Waals surface area contributed by atoms with Gasteiger partial charge in [-0.3, -0.25) is 9.59 Å². The van der Waals surface area contributed by atoms with E-state index in [0.717, 1.165) is 34.3 Å². The molecule has 1 fully saturated rings. The van der Waals surface area contributed by atoms with Crippen molar-refractivity contribution in [2.75, 3.05) is 36.9 Å². The summed E-state index contributed by atoms with van der Waals surface area (Å²) in [5, 5.41) is 11.3. The molecular formula is C29H39N7O3. The van der Waals surface area contributed by atoms with Crippen LogP contribution in [0.5, 0.6) is 0 Å². The number of nitrogens with zero attached hydrogens (tertiary/aromatic N) is 5. The molecule has 39 heavy (non-hydrogen) atoms. The zero-order valence-corrected chi connectivity index (χ0v) is 23.4. The summed E-state index contributed by atoms with van der Waals surface area (Å²) in [5.41, 5.74) is 4.90. The Labute approximate surface area is 229 Å². The largest absolute Gasteiger partial charge is 0.382 e. The van der Waals surface area contributed by atoms with Crippen molar-refractivity contribution in [2.45, 2.75) is 65.5 Å². The van der Waals surface area contributed by atoms with E-state index in [4.69, 9.17) is 14.7 Å². The van der Waals surface area contributed by atoms with Crippen LogP contribution in [0.4, 0.5) is 11.9 Å². The Morgan fingerprint density at radius 2 is 2.08 bits per heavy atom. The Hall–Kier alpha value is -3.79. The number of amides is 1. The summed E-state index contributed by atoms with van der Waals surface area (Å²) < 4.78 is 7.17. The first-order valence-corrected chi connectivity index (χ1v) is 13.7. The van der Waals surface area contributed by atoms with Crippen LogP contribution in [0.25, 0.3) is 5.65 Å². The molecular weight excluding hydrogens is 494 g/mol. The predicted molar refractivity (Wildman–Crippen MR) is 152 cm³/mol. The first-order chi connectivity index (χ1) is 18.8. The summed E-state index contributed by atoms with van der Waals surface area (Å²) in [7, 11) is 0. The Morgan fingerprint density at radius 3 is 2.77 bits per heavy atom. The highest BCUT2D eigenvalue weighted by Gasteiger charge is 2.35. The number of carbonyl (C=O) groups is 2. The van der Waals surface area contributed by atoms with Crippen LogP contribution in [-0.4, -0.2) is 68.5 Å². The molecule has 1 unspecified atom stereocenters. The lowest BCUT2D eigenvalue weighted by Gasteiger charge is -2.39. The number of hydrogen-bond donors (Lipinski definition) is 2. The summed E-state index contributed by atoms with van der Waals surface area (Å²) in [4.78, 5) is 35.9. The molecule has 4 rings (SSSR count). The summed E-state index contributed by atoms with van der Waals surface area (Å²) in [6.07, 6.45) is 4.95. The lowest BCUT2D eigenvalue weighted by atomic mass is 9.93. The maximum Gasteiger partial charge on any atom is 0.246 e. The van der Waals surface area contributed by atoms with Crippen LogP contribution in [0.1, 0.15) is 61.8 Å². The van der Waals surface area contributed by atoms with Crippen LogP contribution in [0.15, 0.2) is 37.1 Å². The van der Waals surface area contributed by atoms with Gasteiger partial charge in [-0.15, -0.1) is 0 Å². The normalized spacial score (nSPS) is 14.9. The monoisotopic (exact) mass is 533 g/mol. The quantitative estimate of drug-likeness (QED) is 0.237. The molecule has 2 aromatic heterocycles. The van der Waals surface area contributed by atoms with E-state index in [1.54, 1.807) is 9.42 Å². The molecule has 10 nitrogen and oxygen atoms in total. The number of ketones is 1. The van der Waals surface area contributed by atoms with Crippen LogP contribution in [-0.2, 0) is 27.3 Å². The van der Waals surface area contributed by atoms with Crippen molar-refractivity contribution in [1.29, 1.82) is 0 Å². The van der Waals surface area contributed by atoms with E-state index in [9.17, 15) is 9.59 Å². The van der Waals surface area contributed by atoms with Gasteiger partial charge in [0.05, 0.1) is 12.2 Å². The van der Waals surface area contributed by atoms with Gasteiger partial charge in [-0.2, -0.15) is 19.6 Å². The van der Waals surface area contributed by atoms with Gasteiger partial charge in [-0.1, -0.05) is 38.6 Å². The number of Topliss-reactive ketones (excluding diaryl/α,β-unsaturated/α-hetero) is 1. The first-order valence-electron chi connectivity index (χ1n) is 13.7. The molecule has 1 aromatic carbocycles. The van der Waals surface area contributed by atoms with Crippen LogP contribution in [0.3, 0.4) is 0 Å². The number of fused-ring (bicyclic) bond motifs is 1. The second-order valence-electron chi connectivity index (χ2n) is 10.1. The molecule has 1 amide bonds. The van der Waals surface area contributed by atoms with Crippen molar-refractivity contribution in [3.8, 4) is 0 Å². The Morgan fingerprint density at radius 1 is 1.26 bits per heavy atom. The number of aryl methyl sites for hydroxylation is 1. The van der Waals surface area contributed by atoms with Gasteiger partial charge >= 0.3 is 0 Å². The fraction of sp³-hybridized carbons (Fsp3) is 0.483. The summed E-state index contributed by atoms with van der Waals surface area (Å²) in [6.45, 7) is 15.0. The van der Waals surface area contributed by atoms with Crippen molar-refractivity contribution in [1.82, 2.24) is 24.5 Å². The van der Waals surface area contributed by atoms with Gasteiger partial charge in [0, 0.05) is 44.8 Å². The highest BCUT2D eigenvalue weighted by atomic mass is 16.5. The van der Waals surface area contributed by atoms with E-state index in [0.29, 0.717) is 51.2 Å². The molecule has 1 aliphatic rings. The SMILES string of the molecule is C=CC(=O)N1CCC1C(=O)Cc1ccc(C)c(CNc2nc(NCCCOCC)nc3c(C(C)C)cnn23)c1. The van der Waals surface area contributed by atoms with Gasteiger partial charge in [-0.05, 0) is 55.4 Å². The van der Waals surface area contributed by atoms with Gasteiger partial charge in [0.1, 0.15) is 0 Å². The molecule has 2 N–H and O–H groups in total. The molecule has 0 aliphatic carbocycles. The lowest BCUT2D eigenvalue weighted by Crippen LogP contribution is -2.55. The Kier molecular flexibility index (Phi) is 9.29. The van der Waals surface area contributed by atoms with Crippen LogP contribution >= 0.6 is 0 Å². The highest BCUT2D eigenvalue weighted by Crippen LogP contribution is 2.24. The fourth-order valence-corrected chi connectivity index (χ4v) is 4.64. The number of hydrogen-bond acceptors (Lipinski definition) is 8. The molecule has 0 bridgehead atoms. The molecule has 3 aromatic rings. The van der Waals surface area contributed by atoms with Gasteiger partial charge in [0.2, 0.25) is 17.8 Å². The summed E-state index contributed by atoms with van der Waals surface area (Å²) in [6, 6.07) is 5.69. The Bertz CT molecular complexity index is 1330. The number of likely N-dealkylation sites (tertiary alicyclic amines) is 1. The van der Waals surface area contributed by atoms with Crippen molar-refractivity contribution in [2.24, 2.45) is 0 Å². The molecule has 208 valence electrons. The lowest BCUT2D eigenvalue weighted by molar-refractivity contribution is -0.142. The molecule has 0 saturated carbocycles. The van der Waals surface area contributed by atoms with Gasteiger partial charge in [0.25, 0.3) is 0 Å². The van der Waals surface area contributed by atoms with Crippen LogP contribution < -0.4 is 10.6 Å². The topological polar surface area (TPSA) is 114 Å². The fourth-order valence-electron chi connectivity index (χ4n) is 4.64. The van der Waals surface area contributed by atoms with E-state index in [1.807, 2.05) is 38.2 Å². The van der Waals surface area contributed by atoms with E-state index in [1.165, 1.54) is 6.08 Å². The molecule has 0 spiro atoms. The standard InChI is InChI=1S/C29H39N7O3/c1-6-26(38)35-13-11-24(35)25(37)16-21-10-9-20(5)22(15-21)17-31-29-34-28(30-12-8-14-39-7-2)33-27-23(19(3)4)18-32-36(27)29/h6,9-10,15,18-19,24H,1,7-8,11-14,16-17H2,2-5H3,(H2,30,31,33,34). The van der Waals surface area contributed by atoms with Gasteiger partial charge in [-0.25, -0.2) is 0 Å². The number of carbonyl (C=O) groups excluding carboxylic acids is 2. The van der Waals surface area contributed by atoms with E-state index in [2.05, 4.69) is 36.2 Å². The van der Waals surface area contributed by atoms with E-state index >= 15 is 0 Å². The Balaban J connectivity index is 1.49. The average Bonchev–Trinajstić information content (AvgIpc) is 3.32. The number of rotatable bonds is 14. The number of nitrogens with one attached hydrogen (secondary N) is 2. The summed E-state index contributed by atoms with van der Waals surface area (Å²) >= 11 is 0. The number of benzene rings is 1. The minimum atomic E-state index is -0.359. The maximum absolute atomic E-state index is 12.9. The minimum absolute atomic E-state index is 0.0505. The van der Waals surface area contributed by atoms with Crippen molar-refractivity contribution in [3.63, 3.8) is 0 Å². The van der Waals surface area contributed by atoms with E-state index in [-0.39, 0.29) is 30.1 Å². The third-order valence-corrected chi connectivity index (χ3v) is 7.05. The number of aromatic nitrogens is 4. The van der Waals surface area contributed by atoms with Gasteiger partial charge in [0.15, 0.2) is 11.4 Å². The minimum Gasteiger partial charge on any atom is -0.382 e. The van der Waals surface area contributed by atoms with Crippen molar-refractivity contribution < 1.29 is 14.3 Å². The van der Waals surface area contributed by atoms with E-state index < -0.39 is 0 Å². The predicted octanol–water partition coefficient (Wildman–Crippen LogP) is 3.91. The first kappa shape index (κ1) is 28.2. The second kappa shape index (κ2) is 12.8. The number of anilines is 2. The third kappa shape index (κ3) is 6.62. The molecule has 1 saturated heterocycles. The molecule has 10 heteroatoms. The molecule has 1 aliphatic heterocycles. The number of ether oxygens (including phenoxy) is 1. The summed E-state index contributed by atoms with van der Waals surface area (Å²) in [5.74, 6) is 1.26. The third-order valence-electron chi connectivity index (χ3n) is 7.05. The van der Waals surface area contributed by atoms with Crippen molar-refractivity contribution >= 4 is 29.2 Å². The smallest absolute Gasteiger partial charge is 0.246 e. The zero-order valence-electron chi connectivity index (χ0n) is 23.4. The second-order valence-corrected chi connectivity index (χ2v) is 10.1. The zero-order chi connectivity index (χ0) is 27.9. The van der Waals surface area contributed by atoms with Crippen LogP contribution in [0.2, 0.25) is 0 Å². The highest BCUT2D eigenvalue weighted by molar-refractivity contribution is 5.95. The van der Waals surface area contributed by atoms with Crippen LogP contribution in [0, 0.1) is 6.92 Å². The molecule has 1 atom stereocenters. The average molecular weight is 534 g/mol. The van der Waals surface area contributed by atoms with Gasteiger partial charge < -0.3 is 20.3 Å².